The van der Waals surface area contributed by atoms with Crippen LogP contribution in [-0.4, -0.2) is 62.4 Å². The minimum atomic E-state index is -0.297. The normalized spacial score (nSPS) is 15.8. The van der Waals surface area contributed by atoms with E-state index in [0.717, 1.165) is 32.8 Å². The number of nitrogens with one attached hydrogen (secondary N) is 1. The molecular formula is C14H20N2O4. The lowest BCUT2D eigenvalue weighted by Crippen LogP contribution is -2.41. The number of hydrogen-bond acceptors (Lipinski definition) is 5. The van der Waals surface area contributed by atoms with E-state index in [1.54, 1.807) is 6.07 Å². The molecule has 110 valence electrons. The summed E-state index contributed by atoms with van der Waals surface area (Å²) < 4.78 is 10.3. The highest BCUT2D eigenvalue weighted by Crippen LogP contribution is 2.22. The largest absolute Gasteiger partial charge is 0.507 e. The Morgan fingerprint density at radius 2 is 2.20 bits per heavy atom. The molecule has 0 unspecified atom stereocenters. The molecule has 20 heavy (non-hydrogen) atoms. The number of morpholine rings is 1. The van der Waals surface area contributed by atoms with Crippen LogP contribution in [0.4, 0.5) is 0 Å². The number of amides is 1. The smallest absolute Gasteiger partial charge is 0.255 e. The molecule has 1 amide bonds. The predicted octanol–water partition coefficient (Wildman–Crippen LogP) is 0.463. The summed E-state index contributed by atoms with van der Waals surface area (Å²) in [4.78, 5) is 14.2. The number of phenolic OH excluding ortho intramolecular Hbond substituents is 1. The van der Waals surface area contributed by atoms with E-state index in [1.807, 2.05) is 0 Å². The molecule has 0 aromatic heterocycles. The molecular weight excluding hydrogens is 260 g/mol. The van der Waals surface area contributed by atoms with Gasteiger partial charge in [-0.1, -0.05) is 0 Å². The molecule has 6 heteroatoms. The van der Waals surface area contributed by atoms with Crippen LogP contribution in [0.25, 0.3) is 0 Å². The molecule has 1 saturated heterocycles. The molecule has 6 nitrogen and oxygen atoms in total. The van der Waals surface area contributed by atoms with Crippen LogP contribution in [0.1, 0.15) is 10.4 Å². The summed E-state index contributed by atoms with van der Waals surface area (Å²) in [5.41, 5.74) is 0.228. The second-order valence-corrected chi connectivity index (χ2v) is 4.59. The van der Waals surface area contributed by atoms with Crippen LogP contribution in [-0.2, 0) is 4.74 Å². The SMILES string of the molecule is COc1ccc(O)c(C(=O)NCCN2CCOCC2)c1. The molecule has 2 rings (SSSR count). The van der Waals surface area contributed by atoms with Crippen molar-refractivity contribution >= 4 is 5.91 Å². The van der Waals surface area contributed by atoms with E-state index < -0.39 is 0 Å². The molecule has 0 atom stereocenters. The standard InChI is InChI=1S/C14H20N2O4/c1-19-11-2-3-13(17)12(10-11)14(18)15-4-5-16-6-8-20-9-7-16/h2-3,10,17H,4-9H2,1H3,(H,15,18). The van der Waals surface area contributed by atoms with Crippen molar-refractivity contribution in [2.24, 2.45) is 0 Å². The molecule has 1 aliphatic rings. The van der Waals surface area contributed by atoms with E-state index in [2.05, 4.69) is 10.2 Å². The topological polar surface area (TPSA) is 71.0 Å². The lowest BCUT2D eigenvalue weighted by molar-refractivity contribution is 0.0383. The Bertz CT molecular complexity index is 458. The van der Waals surface area contributed by atoms with Gasteiger partial charge in [0.15, 0.2) is 0 Å². The molecule has 0 aliphatic carbocycles. The molecule has 1 heterocycles. The van der Waals surface area contributed by atoms with E-state index in [1.165, 1.54) is 19.2 Å². The number of aromatic hydroxyl groups is 1. The van der Waals surface area contributed by atoms with Gasteiger partial charge in [-0.15, -0.1) is 0 Å². The van der Waals surface area contributed by atoms with Crippen molar-refractivity contribution in [3.63, 3.8) is 0 Å². The fraction of sp³-hybridized carbons (Fsp3) is 0.500. The molecule has 0 spiro atoms. The third-order valence-electron chi connectivity index (χ3n) is 3.27. The second kappa shape index (κ2) is 7.12. The van der Waals surface area contributed by atoms with Crippen LogP contribution in [0.5, 0.6) is 11.5 Å². The van der Waals surface area contributed by atoms with Gasteiger partial charge in [0.1, 0.15) is 11.5 Å². The van der Waals surface area contributed by atoms with E-state index in [4.69, 9.17) is 9.47 Å². The Kier molecular flexibility index (Phi) is 5.20. The number of rotatable bonds is 5. The van der Waals surface area contributed by atoms with Crippen molar-refractivity contribution in [1.82, 2.24) is 10.2 Å². The maximum atomic E-state index is 12.0. The van der Waals surface area contributed by atoms with Crippen molar-refractivity contribution in [2.75, 3.05) is 46.5 Å². The predicted molar refractivity (Wildman–Crippen MR) is 74.3 cm³/mol. The van der Waals surface area contributed by atoms with Crippen LogP contribution in [0.15, 0.2) is 18.2 Å². The highest BCUT2D eigenvalue weighted by atomic mass is 16.5. The molecule has 0 bridgehead atoms. The van der Waals surface area contributed by atoms with Gasteiger partial charge in [-0.05, 0) is 18.2 Å². The Hall–Kier alpha value is -1.79. The van der Waals surface area contributed by atoms with Gasteiger partial charge in [0.25, 0.3) is 5.91 Å². The lowest BCUT2D eigenvalue weighted by atomic mass is 10.1. The zero-order valence-corrected chi connectivity index (χ0v) is 11.6. The van der Waals surface area contributed by atoms with Crippen molar-refractivity contribution in [2.45, 2.75) is 0 Å². The molecule has 1 aliphatic heterocycles. The summed E-state index contributed by atoms with van der Waals surface area (Å²) in [6.45, 7) is 4.57. The minimum Gasteiger partial charge on any atom is -0.507 e. The van der Waals surface area contributed by atoms with Gasteiger partial charge in [-0.3, -0.25) is 9.69 Å². The van der Waals surface area contributed by atoms with E-state index >= 15 is 0 Å². The molecule has 0 radical (unpaired) electrons. The molecule has 0 saturated carbocycles. The number of hydrogen-bond donors (Lipinski definition) is 2. The third kappa shape index (κ3) is 3.85. The number of nitrogens with zero attached hydrogens (tertiary/aromatic N) is 1. The van der Waals surface area contributed by atoms with Crippen LogP contribution in [0.2, 0.25) is 0 Å². The quantitative estimate of drug-likeness (QED) is 0.820. The second-order valence-electron chi connectivity index (χ2n) is 4.59. The fourth-order valence-electron chi connectivity index (χ4n) is 2.07. The van der Waals surface area contributed by atoms with Crippen molar-refractivity contribution < 1.29 is 19.4 Å². The summed E-state index contributed by atoms with van der Waals surface area (Å²) >= 11 is 0. The number of phenols is 1. The van der Waals surface area contributed by atoms with Gasteiger partial charge in [0.05, 0.1) is 25.9 Å². The number of ether oxygens (including phenoxy) is 2. The average molecular weight is 280 g/mol. The van der Waals surface area contributed by atoms with Gasteiger partial charge in [0, 0.05) is 26.2 Å². The van der Waals surface area contributed by atoms with Gasteiger partial charge in [-0.25, -0.2) is 0 Å². The summed E-state index contributed by atoms with van der Waals surface area (Å²) in [6.07, 6.45) is 0. The third-order valence-corrected chi connectivity index (χ3v) is 3.27. The molecule has 1 fully saturated rings. The lowest BCUT2D eigenvalue weighted by Gasteiger charge is -2.26. The Morgan fingerprint density at radius 3 is 2.90 bits per heavy atom. The van der Waals surface area contributed by atoms with Crippen molar-refractivity contribution in [3.8, 4) is 11.5 Å². The number of methoxy groups -OCH3 is 1. The monoisotopic (exact) mass is 280 g/mol. The highest BCUT2D eigenvalue weighted by Gasteiger charge is 2.13. The summed E-state index contributed by atoms with van der Waals surface area (Å²) in [6, 6.07) is 4.59. The Labute approximate surface area is 118 Å². The van der Waals surface area contributed by atoms with Crippen LogP contribution >= 0.6 is 0 Å². The first-order valence-electron chi connectivity index (χ1n) is 6.66. The fourth-order valence-corrected chi connectivity index (χ4v) is 2.07. The first-order chi connectivity index (χ1) is 9.70. The number of carbonyl (C=O) groups excluding carboxylic acids is 1. The Balaban J connectivity index is 1.84. The van der Waals surface area contributed by atoms with E-state index in [0.29, 0.717) is 12.3 Å². The van der Waals surface area contributed by atoms with Crippen LogP contribution < -0.4 is 10.1 Å². The van der Waals surface area contributed by atoms with Crippen molar-refractivity contribution in [1.29, 1.82) is 0 Å². The Morgan fingerprint density at radius 1 is 1.45 bits per heavy atom. The van der Waals surface area contributed by atoms with Gasteiger partial charge < -0.3 is 19.9 Å². The maximum absolute atomic E-state index is 12.0. The summed E-state index contributed by atoms with van der Waals surface area (Å²) in [5.74, 6) is 0.200. The van der Waals surface area contributed by atoms with E-state index in [-0.39, 0.29) is 17.2 Å². The molecule has 1 aromatic carbocycles. The van der Waals surface area contributed by atoms with Gasteiger partial charge in [-0.2, -0.15) is 0 Å². The summed E-state index contributed by atoms with van der Waals surface area (Å²) in [7, 11) is 1.52. The van der Waals surface area contributed by atoms with Gasteiger partial charge >= 0.3 is 0 Å². The first-order valence-corrected chi connectivity index (χ1v) is 6.66. The van der Waals surface area contributed by atoms with Crippen molar-refractivity contribution in [3.05, 3.63) is 23.8 Å². The zero-order valence-electron chi connectivity index (χ0n) is 11.6. The maximum Gasteiger partial charge on any atom is 0.255 e. The summed E-state index contributed by atoms with van der Waals surface area (Å²) in [5, 5.41) is 12.5. The average Bonchev–Trinajstić information content (AvgIpc) is 2.48. The number of benzene rings is 1. The van der Waals surface area contributed by atoms with E-state index in [9.17, 15) is 9.90 Å². The highest BCUT2D eigenvalue weighted by molar-refractivity contribution is 5.97. The zero-order chi connectivity index (χ0) is 14.4. The number of carbonyl (C=O) groups is 1. The molecule has 1 aromatic rings. The first kappa shape index (κ1) is 14.6. The van der Waals surface area contributed by atoms with Crippen LogP contribution in [0.3, 0.4) is 0 Å². The minimum absolute atomic E-state index is 0.0466. The van der Waals surface area contributed by atoms with Gasteiger partial charge in [0.2, 0.25) is 0 Å². The molecule has 2 N–H and O–H groups in total. The van der Waals surface area contributed by atoms with Crippen LogP contribution in [0, 0.1) is 0 Å².